The Labute approximate surface area is 145 Å². The van der Waals surface area contributed by atoms with Crippen LogP contribution < -0.4 is 0 Å². The Morgan fingerprint density at radius 1 is 0.875 bits per heavy atom. The SMILES string of the molecule is c1ccc2c(CCO[C@@H]3CCCC[C@H]3N3CCCC3)cccc2c1. The Morgan fingerprint density at radius 3 is 2.58 bits per heavy atom. The van der Waals surface area contributed by atoms with Crippen molar-refractivity contribution in [1.29, 1.82) is 0 Å². The summed E-state index contributed by atoms with van der Waals surface area (Å²) < 4.78 is 6.42. The predicted molar refractivity (Wildman–Crippen MR) is 100 cm³/mol. The lowest BCUT2D eigenvalue weighted by Gasteiger charge is -2.37. The van der Waals surface area contributed by atoms with Gasteiger partial charge in [-0.05, 0) is 61.5 Å². The van der Waals surface area contributed by atoms with E-state index in [1.54, 1.807) is 0 Å². The van der Waals surface area contributed by atoms with Gasteiger partial charge in [0.15, 0.2) is 0 Å². The molecule has 128 valence electrons. The molecule has 1 heterocycles. The van der Waals surface area contributed by atoms with E-state index in [0.29, 0.717) is 12.1 Å². The Bertz CT molecular complexity index is 657. The van der Waals surface area contributed by atoms with Gasteiger partial charge in [-0.25, -0.2) is 0 Å². The predicted octanol–water partition coefficient (Wildman–Crippen LogP) is 4.81. The van der Waals surface area contributed by atoms with E-state index in [4.69, 9.17) is 4.74 Å². The molecule has 2 atom stereocenters. The van der Waals surface area contributed by atoms with E-state index < -0.39 is 0 Å². The second-order valence-electron chi connectivity index (χ2n) is 7.39. The Balaban J connectivity index is 1.38. The third kappa shape index (κ3) is 3.50. The van der Waals surface area contributed by atoms with Gasteiger partial charge in [0.25, 0.3) is 0 Å². The zero-order chi connectivity index (χ0) is 16.2. The van der Waals surface area contributed by atoms with Gasteiger partial charge in [0.1, 0.15) is 0 Å². The van der Waals surface area contributed by atoms with Gasteiger partial charge in [-0.15, -0.1) is 0 Å². The van der Waals surface area contributed by atoms with E-state index >= 15 is 0 Å². The van der Waals surface area contributed by atoms with Crippen molar-refractivity contribution in [3.05, 3.63) is 48.0 Å². The van der Waals surface area contributed by atoms with Crippen molar-refractivity contribution in [2.24, 2.45) is 0 Å². The van der Waals surface area contributed by atoms with Crippen LogP contribution in [-0.4, -0.2) is 36.7 Å². The number of ether oxygens (including phenoxy) is 1. The minimum atomic E-state index is 0.451. The number of likely N-dealkylation sites (tertiary alicyclic amines) is 1. The number of nitrogens with zero attached hydrogens (tertiary/aromatic N) is 1. The van der Waals surface area contributed by atoms with E-state index in [0.717, 1.165) is 13.0 Å². The van der Waals surface area contributed by atoms with E-state index in [2.05, 4.69) is 47.4 Å². The molecular formula is C22H29NO. The van der Waals surface area contributed by atoms with Crippen molar-refractivity contribution in [3.63, 3.8) is 0 Å². The summed E-state index contributed by atoms with van der Waals surface area (Å²) in [6.07, 6.45) is 9.51. The van der Waals surface area contributed by atoms with Gasteiger partial charge in [0.05, 0.1) is 12.7 Å². The molecule has 0 unspecified atom stereocenters. The molecule has 0 aromatic heterocycles. The van der Waals surface area contributed by atoms with E-state index in [9.17, 15) is 0 Å². The van der Waals surface area contributed by atoms with Crippen LogP contribution in [0.2, 0.25) is 0 Å². The van der Waals surface area contributed by atoms with Gasteiger partial charge in [0.2, 0.25) is 0 Å². The van der Waals surface area contributed by atoms with Crippen LogP contribution in [-0.2, 0) is 11.2 Å². The fraction of sp³-hybridized carbons (Fsp3) is 0.545. The molecular weight excluding hydrogens is 294 g/mol. The molecule has 2 aliphatic rings. The monoisotopic (exact) mass is 323 g/mol. The lowest BCUT2D eigenvalue weighted by atomic mass is 9.91. The van der Waals surface area contributed by atoms with E-state index in [1.165, 1.54) is 68.0 Å². The molecule has 0 amide bonds. The van der Waals surface area contributed by atoms with Crippen LogP contribution in [0.25, 0.3) is 10.8 Å². The molecule has 1 saturated carbocycles. The molecule has 2 nitrogen and oxygen atoms in total. The Hall–Kier alpha value is -1.38. The topological polar surface area (TPSA) is 12.5 Å². The summed E-state index contributed by atoms with van der Waals surface area (Å²) in [6.45, 7) is 3.42. The standard InChI is InChI=1S/C22H29NO/c1-2-11-20-18(8-1)9-7-10-19(20)14-17-24-22-13-4-3-12-21(22)23-15-5-6-16-23/h1-2,7-11,21-22H,3-6,12-17H2/t21-,22-/m1/s1. The average Bonchev–Trinajstić information content (AvgIpc) is 3.17. The Morgan fingerprint density at radius 2 is 1.67 bits per heavy atom. The second-order valence-corrected chi connectivity index (χ2v) is 7.39. The summed E-state index contributed by atoms with van der Waals surface area (Å²) >= 11 is 0. The fourth-order valence-electron chi connectivity index (χ4n) is 4.59. The van der Waals surface area contributed by atoms with Gasteiger partial charge >= 0.3 is 0 Å². The molecule has 1 aliphatic heterocycles. The van der Waals surface area contributed by atoms with Crippen molar-refractivity contribution >= 4 is 10.8 Å². The molecule has 0 radical (unpaired) electrons. The minimum Gasteiger partial charge on any atom is -0.376 e. The lowest BCUT2D eigenvalue weighted by Crippen LogP contribution is -2.45. The molecule has 1 aliphatic carbocycles. The van der Waals surface area contributed by atoms with E-state index in [1.807, 2.05) is 0 Å². The molecule has 0 bridgehead atoms. The summed E-state index contributed by atoms with van der Waals surface area (Å²) in [5.41, 5.74) is 1.42. The smallest absolute Gasteiger partial charge is 0.0730 e. The Kier molecular flexibility index (Phi) is 5.15. The molecule has 4 rings (SSSR count). The molecule has 2 heteroatoms. The van der Waals surface area contributed by atoms with Crippen LogP contribution in [0.4, 0.5) is 0 Å². The second kappa shape index (κ2) is 7.67. The van der Waals surface area contributed by atoms with Crippen molar-refractivity contribution in [2.45, 2.75) is 57.1 Å². The highest BCUT2D eigenvalue weighted by atomic mass is 16.5. The highest BCUT2D eigenvalue weighted by Crippen LogP contribution is 2.28. The number of benzene rings is 2. The maximum atomic E-state index is 6.42. The quantitative estimate of drug-likeness (QED) is 0.783. The largest absolute Gasteiger partial charge is 0.376 e. The number of rotatable bonds is 5. The van der Waals surface area contributed by atoms with Crippen molar-refractivity contribution < 1.29 is 4.74 Å². The van der Waals surface area contributed by atoms with Crippen molar-refractivity contribution in [2.75, 3.05) is 19.7 Å². The van der Waals surface area contributed by atoms with Gasteiger partial charge in [-0.3, -0.25) is 4.90 Å². The van der Waals surface area contributed by atoms with Crippen LogP contribution >= 0.6 is 0 Å². The zero-order valence-electron chi connectivity index (χ0n) is 14.6. The maximum Gasteiger partial charge on any atom is 0.0730 e. The lowest BCUT2D eigenvalue weighted by molar-refractivity contribution is -0.0289. The van der Waals surface area contributed by atoms with Crippen molar-refractivity contribution in [3.8, 4) is 0 Å². The number of hydrogen-bond acceptors (Lipinski definition) is 2. The molecule has 0 spiro atoms. The molecule has 2 aromatic carbocycles. The number of hydrogen-bond donors (Lipinski definition) is 0. The highest BCUT2D eigenvalue weighted by Gasteiger charge is 2.31. The first kappa shape index (κ1) is 16.1. The average molecular weight is 323 g/mol. The molecule has 0 N–H and O–H groups in total. The minimum absolute atomic E-state index is 0.451. The summed E-state index contributed by atoms with van der Waals surface area (Å²) in [5, 5.41) is 2.71. The first-order chi connectivity index (χ1) is 11.9. The summed E-state index contributed by atoms with van der Waals surface area (Å²) in [6, 6.07) is 16.0. The van der Waals surface area contributed by atoms with Crippen LogP contribution in [0.15, 0.2) is 42.5 Å². The van der Waals surface area contributed by atoms with E-state index in [-0.39, 0.29) is 0 Å². The van der Waals surface area contributed by atoms with Gasteiger partial charge < -0.3 is 4.74 Å². The van der Waals surface area contributed by atoms with Crippen LogP contribution in [0.5, 0.6) is 0 Å². The van der Waals surface area contributed by atoms with Crippen LogP contribution in [0, 0.1) is 0 Å². The number of fused-ring (bicyclic) bond motifs is 1. The zero-order valence-corrected chi connectivity index (χ0v) is 14.6. The summed E-state index contributed by atoms with van der Waals surface area (Å²) in [7, 11) is 0. The normalized spacial score (nSPS) is 25.3. The maximum absolute atomic E-state index is 6.42. The molecule has 24 heavy (non-hydrogen) atoms. The highest BCUT2D eigenvalue weighted by molar-refractivity contribution is 5.85. The van der Waals surface area contributed by atoms with Gasteiger partial charge in [-0.2, -0.15) is 0 Å². The summed E-state index contributed by atoms with van der Waals surface area (Å²) in [5.74, 6) is 0. The van der Waals surface area contributed by atoms with Gasteiger partial charge in [-0.1, -0.05) is 55.3 Å². The third-order valence-electron chi connectivity index (χ3n) is 5.86. The first-order valence-electron chi connectivity index (χ1n) is 9.74. The third-order valence-corrected chi connectivity index (χ3v) is 5.86. The molecule has 1 saturated heterocycles. The first-order valence-corrected chi connectivity index (χ1v) is 9.74. The fourth-order valence-corrected chi connectivity index (χ4v) is 4.59. The van der Waals surface area contributed by atoms with Crippen LogP contribution in [0.3, 0.4) is 0 Å². The molecule has 2 fully saturated rings. The van der Waals surface area contributed by atoms with Gasteiger partial charge in [0, 0.05) is 6.04 Å². The summed E-state index contributed by atoms with van der Waals surface area (Å²) in [4.78, 5) is 2.70. The van der Waals surface area contributed by atoms with Crippen molar-refractivity contribution in [1.82, 2.24) is 4.90 Å². The van der Waals surface area contributed by atoms with Crippen LogP contribution in [0.1, 0.15) is 44.1 Å². The molecule has 2 aromatic rings.